The van der Waals surface area contributed by atoms with Crippen LogP contribution in [0.4, 0.5) is 0 Å². The third kappa shape index (κ3) is 2.93. The molecule has 1 aromatic carbocycles. The van der Waals surface area contributed by atoms with Crippen molar-refractivity contribution < 1.29 is 4.79 Å². The second-order valence-electron chi connectivity index (χ2n) is 5.55. The van der Waals surface area contributed by atoms with E-state index in [0.717, 1.165) is 41.6 Å². The van der Waals surface area contributed by atoms with Crippen molar-refractivity contribution in [2.24, 2.45) is 0 Å². The van der Waals surface area contributed by atoms with Crippen molar-refractivity contribution in [1.29, 1.82) is 0 Å². The predicted molar refractivity (Wildman–Crippen MR) is 82.3 cm³/mol. The molecule has 0 atom stereocenters. The van der Waals surface area contributed by atoms with Crippen molar-refractivity contribution in [2.75, 3.05) is 0 Å². The fourth-order valence-electron chi connectivity index (χ4n) is 2.42. The Kier molecular flexibility index (Phi) is 3.61. The molecule has 0 saturated heterocycles. The molecule has 106 valence electrons. The van der Waals surface area contributed by atoms with Gasteiger partial charge in [0.1, 0.15) is 0 Å². The Labute approximate surface area is 123 Å². The Balaban J connectivity index is 1.66. The summed E-state index contributed by atoms with van der Waals surface area (Å²) in [6, 6.07) is 6.71. The summed E-state index contributed by atoms with van der Waals surface area (Å²) in [5.74, 6) is 0.162. The number of aromatic amines is 1. The fraction of sp³-hybridized carbons (Fsp3) is 0.467. The zero-order valence-corrected chi connectivity index (χ0v) is 12.4. The Morgan fingerprint density at radius 1 is 1.50 bits per heavy atom. The molecular formula is C15H19N3OS. The molecule has 4 nitrogen and oxygen atoms in total. The lowest BCUT2D eigenvalue weighted by atomic mass is 10.2. The van der Waals surface area contributed by atoms with Crippen molar-refractivity contribution in [1.82, 2.24) is 14.9 Å². The second-order valence-corrected chi connectivity index (χ2v) is 5.93. The summed E-state index contributed by atoms with van der Waals surface area (Å²) in [7, 11) is 0. The van der Waals surface area contributed by atoms with Crippen LogP contribution < -0.4 is 5.32 Å². The normalized spacial score (nSPS) is 14.7. The molecule has 1 aromatic heterocycles. The number of nitrogens with zero attached hydrogens (tertiary/aromatic N) is 1. The summed E-state index contributed by atoms with van der Waals surface area (Å²) in [5, 5.41) is 3.01. The number of benzene rings is 1. The molecule has 20 heavy (non-hydrogen) atoms. The SMILES string of the molecule is Cc1ccc2c(c1)[nH]c(=S)n2CCCC(=O)NC1CC1. The van der Waals surface area contributed by atoms with Crippen LogP contribution in [-0.2, 0) is 11.3 Å². The highest BCUT2D eigenvalue weighted by Crippen LogP contribution is 2.19. The molecular weight excluding hydrogens is 270 g/mol. The molecule has 2 N–H and O–H groups in total. The van der Waals surface area contributed by atoms with E-state index in [9.17, 15) is 4.79 Å². The lowest BCUT2D eigenvalue weighted by molar-refractivity contribution is -0.121. The van der Waals surface area contributed by atoms with Crippen LogP contribution >= 0.6 is 12.2 Å². The number of imidazole rings is 1. The number of fused-ring (bicyclic) bond motifs is 1. The van der Waals surface area contributed by atoms with E-state index in [1.807, 2.05) is 0 Å². The number of amides is 1. The van der Waals surface area contributed by atoms with E-state index in [-0.39, 0.29) is 5.91 Å². The first-order chi connectivity index (χ1) is 9.63. The lowest BCUT2D eigenvalue weighted by Crippen LogP contribution is -2.25. The summed E-state index contributed by atoms with van der Waals surface area (Å²) in [5.41, 5.74) is 3.39. The second kappa shape index (κ2) is 5.40. The minimum absolute atomic E-state index is 0.162. The van der Waals surface area contributed by atoms with E-state index >= 15 is 0 Å². The van der Waals surface area contributed by atoms with E-state index in [1.54, 1.807) is 0 Å². The summed E-state index contributed by atoms with van der Waals surface area (Å²) in [6.07, 6.45) is 3.65. The molecule has 1 heterocycles. The van der Waals surface area contributed by atoms with Crippen molar-refractivity contribution in [2.45, 2.75) is 45.2 Å². The van der Waals surface area contributed by atoms with E-state index < -0.39 is 0 Å². The molecule has 1 saturated carbocycles. The topological polar surface area (TPSA) is 49.8 Å². The first-order valence-corrected chi connectivity index (χ1v) is 7.53. The van der Waals surface area contributed by atoms with Gasteiger partial charge in [-0.15, -0.1) is 0 Å². The number of hydrogen-bond donors (Lipinski definition) is 2. The number of carbonyl (C=O) groups is 1. The molecule has 1 fully saturated rings. The van der Waals surface area contributed by atoms with Gasteiger partial charge in [0.25, 0.3) is 0 Å². The third-order valence-corrected chi connectivity index (χ3v) is 3.98. The highest BCUT2D eigenvalue weighted by molar-refractivity contribution is 7.71. The molecule has 1 aliphatic rings. The molecule has 0 unspecified atom stereocenters. The first kappa shape index (κ1) is 13.4. The fourth-order valence-corrected chi connectivity index (χ4v) is 2.72. The maximum Gasteiger partial charge on any atom is 0.220 e. The highest BCUT2D eigenvalue weighted by Gasteiger charge is 2.22. The molecule has 1 aliphatic carbocycles. The standard InChI is InChI=1S/C15H19N3OS/c1-10-4-7-13-12(9-10)17-15(20)18(13)8-2-3-14(19)16-11-5-6-11/h4,7,9,11H,2-3,5-6,8H2,1H3,(H,16,19)(H,17,20). The van der Waals surface area contributed by atoms with Gasteiger partial charge in [0.2, 0.25) is 5.91 Å². The molecule has 3 rings (SSSR count). The number of carbonyl (C=O) groups excluding carboxylic acids is 1. The number of aromatic nitrogens is 2. The van der Waals surface area contributed by atoms with Crippen LogP contribution in [0.2, 0.25) is 0 Å². The van der Waals surface area contributed by atoms with Crippen molar-refractivity contribution in [3.8, 4) is 0 Å². The number of rotatable bonds is 5. The third-order valence-electron chi connectivity index (χ3n) is 3.66. The van der Waals surface area contributed by atoms with Crippen molar-refractivity contribution in [3.63, 3.8) is 0 Å². The monoisotopic (exact) mass is 289 g/mol. The quantitative estimate of drug-likeness (QED) is 0.831. The van der Waals surface area contributed by atoms with Gasteiger partial charge in [-0.05, 0) is 56.1 Å². The van der Waals surface area contributed by atoms with Crippen LogP contribution in [-0.4, -0.2) is 21.5 Å². The molecule has 0 radical (unpaired) electrons. The smallest absolute Gasteiger partial charge is 0.220 e. The number of H-pyrrole nitrogens is 1. The van der Waals surface area contributed by atoms with Gasteiger partial charge in [0.15, 0.2) is 4.77 Å². The highest BCUT2D eigenvalue weighted by atomic mass is 32.1. The average Bonchev–Trinajstić information content (AvgIpc) is 3.14. The van der Waals surface area contributed by atoms with Gasteiger partial charge >= 0.3 is 0 Å². The number of hydrogen-bond acceptors (Lipinski definition) is 2. The Morgan fingerprint density at radius 2 is 2.30 bits per heavy atom. The van der Waals surface area contributed by atoms with E-state index in [1.165, 1.54) is 5.56 Å². The molecule has 5 heteroatoms. The molecule has 0 aliphatic heterocycles. The van der Waals surface area contributed by atoms with Crippen LogP contribution in [0.3, 0.4) is 0 Å². The van der Waals surface area contributed by atoms with Gasteiger partial charge in [-0.1, -0.05) is 6.07 Å². The Morgan fingerprint density at radius 3 is 3.05 bits per heavy atom. The van der Waals surface area contributed by atoms with Crippen molar-refractivity contribution >= 4 is 29.2 Å². The molecule has 0 bridgehead atoms. The lowest BCUT2D eigenvalue weighted by Gasteiger charge is -2.05. The van der Waals surface area contributed by atoms with Gasteiger partial charge in [-0.2, -0.15) is 0 Å². The number of aryl methyl sites for hydroxylation is 2. The van der Waals surface area contributed by atoms with E-state index in [4.69, 9.17) is 12.2 Å². The number of nitrogens with one attached hydrogen (secondary N) is 2. The van der Waals surface area contributed by atoms with Crippen molar-refractivity contribution in [3.05, 3.63) is 28.5 Å². The summed E-state index contributed by atoms with van der Waals surface area (Å²) < 4.78 is 2.81. The molecule has 0 spiro atoms. The predicted octanol–water partition coefficient (Wildman–Crippen LogP) is 3.07. The zero-order chi connectivity index (χ0) is 14.1. The summed E-state index contributed by atoms with van der Waals surface area (Å²) in [6.45, 7) is 2.84. The van der Waals surface area contributed by atoms with Gasteiger partial charge in [-0.3, -0.25) is 4.79 Å². The van der Waals surface area contributed by atoms with Gasteiger partial charge in [0, 0.05) is 19.0 Å². The summed E-state index contributed by atoms with van der Waals surface area (Å²) >= 11 is 5.36. The van der Waals surface area contributed by atoms with Gasteiger partial charge < -0.3 is 14.9 Å². The maximum atomic E-state index is 11.7. The van der Waals surface area contributed by atoms with Crippen LogP contribution in [0.1, 0.15) is 31.2 Å². The zero-order valence-electron chi connectivity index (χ0n) is 11.6. The molecule has 1 amide bonds. The van der Waals surface area contributed by atoms with Gasteiger partial charge in [-0.25, -0.2) is 0 Å². The maximum absolute atomic E-state index is 11.7. The Hall–Kier alpha value is -1.62. The van der Waals surface area contributed by atoms with Gasteiger partial charge in [0.05, 0.1) is 11.0 Å². The van der Waals surface area contributed by atoms with Crippen LogP contribution in [0.5, 0.6) is 0 Å². The van der Waals surface area contributed by atoms with Crippen LogP contribution in [0.15, 0.2) is 18.2 Å². The minimum atomic E-state index is 0.162. The van der Waals surface area contributed by atoms with E-state index in [2.05, 4.69) is 40.0 Å². The van der Waals surface area contributed by atoms with Crippen LogP contribution in [0, 0.1) is 11.7 Å². The van der Waals surface area contributed by atoms with E-state index in [0.29, 0.717) is 12.5 Å². The summed E-state index contributed by atoms with van der Waals surface area (Å²) in [4.78, 5) is 14.9. The Bertz CT molecular complexity index is 697. The molecule has 2 aromatic rings. The minimum Gasteiger partial charge on any atom is -0.353 e. The largest absolute Gasteiger partial charge is 0.353 e. The first-order valence-electron chi connectivity index (χ1n) is 7.12. The average molecular weight is 289 g/mol. The van der Waals surface area contributed by atoms with Crippen LogP contribution in [0.25, 0.3) is 11.0 Å².